The minimum Gasteiger partial charge on any atom is -0.331 e. The largest absolute Gasteiger partial charge is 0.331 e. The fourth-order valence-electron chi connectivity index (χ4n) is 2.69. The van der Waals surface area contributed by atoms with E-state index in [0.29, 0.717) is 22.9 Å². The number of benzene rings is 2. The third kappa shape index (κ3) is 3.45. The molecular formula is C18H18ClN3O3S. The lowest BCUT2D eigenvalue weighted by molar-refractivity contribution is 0.102. The van der Waals surface area contributed by atoms with Gasteiger partial charge in [-0.3, -0.25) is 4.79 Å². The van der Waals surface area contributed by atoms with Crippen LogP contribution in [0.5, 0.6) is 0 Å². The molecule has 3 rings (SSSR count). The van der Waals surface area contributed by atoms with Crippen LogP contribution >= 0.6 is 11.6 Å². The second-order valence-corrected chi connectivity index (χ2v) is 7.95. The monoisotopic (exact) mass is 391 g/mol. The van der Waals surface area contributed by atoms with Crippen molar-refractivity contribution < 1.29 is 13.2 Å². The summed E-state index contributed by atoms with van der Waals surface area (Å²) in [7, 11) is -3.81. The average Bonchev–Trinajstić information content (AvgIpc) is 2.61. The van der Waals surface area contributed by atoms with Crippen molar-refractivity contribution >= 4 is 45.2 Å². The van der Waals surface area contributed by atoms with Crippen molar-refractivity contribution in [3.8, 4) is 0 Å². The Bertz CT molecular complexity index is 1000. The Labute approximate surface area is 157 Å². The summed E-state index contributed by atoms with van der Waals surface area (Å²) in [6, 6.07) is 9.80. The zero-order chi connectivity index (χ0) is 18.9. The van der Waals surface area contributed by atoms with Crippen LogP contribution in [0.1, 0.15) is 29.3 Å². The van der Waals surface area contributed by atoms with Crippen molar-refractivity contribution in [1.82, 2.24) is 0 Å². The highest BCUT2D eigenvalue weighted by molar-refractivity contribution is 7.90. The average molecular weight is 392 g/mol. The fraction of sp³-hybridized carbons (Fsp3) is 0.222. The van der Waals surface area contributed by atoms with Gasteiger partial charge in [-0.25, -0.2) is 0 Å². The Kier molecular flexibility index (Phi) is 5.02. The molecule has 0 aromatic heterocycles. The molecule has 0 unspecified atom stereocenters. The van der Waals surface area contributed by atoms with Gasteiger partial charge < -0.3 is 10.2 Å². The number of amides is 1. The molecule has 8 heteroatoms. The maximum Gasteiger partial charge on any atom is 0.285 e. The van der Waals surface area contributed by atoms with E-state index >= 15 is 0 Å². The van der Waals surface area contributed by atoms with E-state index in [0.717, 1.165) is 12.0 Å². The molecule has 2 aromatic carbocycles. The van der Waals surface area contributed by atoms with Gasteiger partial charge in [-0.05, 0) is 49.2 Å². The minimum atomic E-state index is -3.81. The van der Waals surface area contributed by atoms with E-state index in [2.05, 4.69) is 9.71 Å². The van der Waals surface area contributed by atoms with Crippen molar-refractivity contribution in [1.29, 1.82) is 0 Å². The number of hydrogen-bond donors (Lipinski definition) is 1. The Morgan fingerprint density at radius 2 is 2.04 bits per heavy atom. The van der Waals surface area contributed by atoms with Gasteiger partial charge in [-0.15, -0.1) is 4.40 Å². The van der Waals surface area contributed by atoms with Crippen LogP contribution in [0, 0.1) is 6.92 Å². The predicted molar refractivity (Wildman–Crippen MR) is 104 cm³/mol. The Balaban J connectivity index is 1.96. The molecule has 0 fully saturated rings. The predicted octanol–water partition coefficient (Wildman–Crippen LogP) is 3.85. The molecule has 0 radical (unpaired) electrons. The summed E-state index contributed by atoms with van der Waals surface area (Å²) in [4.78, 5) is 14.4. The van der Waals surface area contributed by atoms with Crippen LogP contribution in [0.3, 0.4) is 0 Å². The lowest BCUT2D eigenvalue weighted by Gasteiger charge is -2.25. The molecule has 1 aliphatic rings. The molecule has 0 bridgehead atoms. The quantitative estimate of drug-likeness (QED) is 0.858. The molecule has 1 N–H and O–H groups in total. The topological polar surface area (TPSA) is 78.8 Å². The fourth-order valence-corrected chi connectivity index (χ4v) is 3.95. The summed E-state index contributed by atoms with van der Waals surface area (Å²) in [5.74, 6) is -0.412. The highest BCUT2D eigenvalue weighted by Crippen LogP contribution is 2.31. The summed E-state index contributed by atoms with van der Waals surface area (Å²) in [6.45, 7) is 4.43. The van der Waals surface area contributed by atoms with Crippen molar-refractivity contribution in [3.05, 3.63) is 52.5 Å². The molecule has 0 aliphatic carbocycles. The summed E-state index contributed by atoms with van der Waals surface area (Å²) in [5.41, 5.74) is 2.08. The Morgan fingerprint density at radius 3 is 2.77 bits per heavy atom. The Morgan fingerprint density at radius 1 is 1.27 bits per heavy atom. The zero-order valence-electron chi connectivity index (χ0n) is 14.4. The van der Waals surface area contributed by atoms with Crippen molar-refractivity contribution in [2.45, 2.75) is 25.2 Å². The SMILES string of the molecule is CCCN1C=NS(=O)(=O)c2cc(C(=O)Nc3cccc(Cl)c3C)ccc21. The van der Waals surface area contributed by atoms with E-state index in [-0.39, 0.29) is 10.5 Å². The molecule has 0 atom stereocenters. The Hall–Kier alpha value is -2.38. The van der Waals surface area contributed by atoms with Gasteiger partial charge in [0.15, 0.2) is 0 Å². The van der Waals surface area contributed by atoms with E-state index in [1.807, 2.05) is 6.92 Å². The summed E-state index contributed by atoms with van der Waals surface area (Å²) in [5, 5.41) is 3.31. The molecule has 0 saturated heterocycles. The molecule has 26 heavy (non-hydrogen) atoms. The lowest BCUT2D eigenvalue weighted by atomic mass is 10.1. The summed E-state index contributed by atoms with van der Waals surface area (Å²) < 4.78 is 28.2. The van der Waals surface area contributed by atoms with Crippen molar-refractivity contribution in [2.75, 3.05) is 16.8 Å². The van der Waals surface area contributed by atoms with Crippen molar-refractivity contribution in [3.63, 3.8) is 0 Å². The van der Waals surface area contributed by atoms with Crippen LogP contribution < -0.4 is 10.2 Å². The summed E-state index contributed by atoms with van der Waals surface area (Å²) in [6.07, 6.45) is 2.15. The van der Waals surface area contributed by atoms with E-state index in [1.54, 1.807) is 42.2 Å². The first-order valence-corrected chi connectivity index (χ1v) is 9.93. The molecular weight excluding hydrogens is 374 g/mol. The molecule has 2 aromatic rings. The minimum absolute atomic E-state index is 0.0314. The van der Waals surface area contributed by atoms with Crippen LogP contribution in [0.15, 0.2) is 45.7 Å². The summed E-state index contributed by atoms with van der Waals surface area (Å²) >= 11 is 6.07. The van der Waals surface area contributed by atoms with E-state index in [4.69, 9.17) is 11.6 Å². The number of fused-ring (bicyclic) bond motifs is 1. The van der Waals surface area contributed by atoms with Gasteiger partial charge in [-0.2, -0.15) is 8.42 Å². The van der Waals surface area contributed by atoms with Gasteiger partial charge in [0.05, 0.1) is 5.69 Å². The number of anilines is 2. The first-order valence-electron chi connectivity index (χ1n) is 8.11. The first kappa shape index (κ1) is 18.4. The van der Waals surface area contributed by atoms with Gasteiger partial charge in [-0.1, -0.05) is 24.6 Å². The van der Waals surface area contributed by atoms with Crippen LogP contribution in [0.4, 0.5) is 11.4 Å². The highest BCUT2D eigenvalue weighted by Gasteiger charge is 2.26. The first-order chi connectivity index (χ1) is 12.3. The van der Waals surface area contributed by atoms with E-state index in [9.17, 15) is 13.2 Å². The number of nitrogens with one attached hydrogen (secondary N) is 1. The molecule has 0 spiro atoms. The molecule has 136 valence electrons. The molecule has 1 aliphatic heterocycles. The number of carbonyl (C=O) groups excluding carboxylic acids is 1. The number of sulfonamides is 1. The van der Waals surface area contributed by atoms with Crippen LogP contribution in [-0.2, 0) is 10.0 Å². The van der Waals surface area contributed by atoms with Crippen LogP contribution in [0.2, 0.25) is 5.02 Å². The molecule has 6 nitrogen and oxygen atoms in total. The standard InChI is InChI=1S/C18H18ClN3O3S/c1-3-9-22-11-20-26(24,25)17-10-13(7-8-16(17)22)18(23)21-15-6-4-5-14(19)12(15)2/h4-8,10-11H,3,9H2,1-2H3,(H,21,23). The molecule has 0 saturated carbocycles. The smallest absolute Gasteiger partial charge is 0.285 e. The van der Waals surface area contributed by atoms with Crippen LogP contribution in [0.25, 0.3) is 0 Å². The van der Waals surface area contributed by atoms with Gasteiger partial charge in [0.1, 0.15) is 11.2 Å². The number of carbonyl (C=O) groups is 1. The van der Waals surface area contributed by atoms with Gasteiger partial charge in [0.25, 0.3) is 15.9 Å². The highest BCUT2D eigenvalue weighted by atomic mass is 35.5. The number of hydrogen-bond acceptors (Lipinski definition) is 4. The maximum absolute atomic E-state index is 12.6. The van der Waals surface area contributed by atoms with Gasteiger partial charge in [0.2, 0.25) is 0 Å². The number of halogens is 1. The zero-order valence-corrected chi connectivity index (χ0v) is 15.9. The maximum atomic E-state index is 12.6. The molecule has 1 heterocycles. The van der Waals surface area contributed by atoms with E-state index < -0.39 is 15.9 Å². The number of rotatable bonds is 4. The van der Waals surface area contributed by atoms with E-state index in [1.165, 1.54) is 12.4 Å². The van der Waals surface area contributed by atoms with Crippen molar-refractivity contribution in [2.24, 2.45) is 4.40 Å². The third-order valence-corrected chi connectivity index (χ3v) is 5.78. The second-order valence-electron chi connectivity index (χ2n) is 5.94. The van der Waals surface area contributed by atoms with Gasteiger partial charge in [0, 0.05) is 22.8 Å². The normalized spacial score (nSPS) is 14.8. The second kappa shape index (κ2) is 7.09. The number of nitrogens with zero attached hydrogens (tertiary/aromatic N) is 2. The molecule has 1 amide bonds. The third-order valence-electron chi connectivity index (χ3n) is 4.12. The van der Waals surface area contributed by atoms with Crippen LogP contribution in [-0.4, -0.2) is 27.2 Å². The van der Waals surface area contributed by atoms with Gasteiger partial charge >= 0.3 is 0 Å². The lowest BCUT2D eigenvalue weighted by Crippen LogP contribution is -2.28.